The third-order valence-electron chi connectivity index (χ3n) is 6.88. The summed E-state index contributed by atoms with van der Waals surface area (Å²) in [7, 11) is 0. The maximum atomic E-state index is 14.2. The predicted octanol–water partition coefficient (Wildman–Crippen LogP) is 5.66. The van der Waals surface area contributed by atoms with Crippen molar-refractivity contribution in [3.63, 3.8) is 0 Å². The molecule has 1 fully saturated rings. The number of benzene rings is 2. The Morgan fingerprint density at radius 1 is 1.12 bits per heavy atom. The van der Waals surface area contributed by atoms with Crippen molar-refractivity contribution in [1.82, 2.24) is 19.6 Å². The normalized spacial score (nSPS) is 16.3. The molecular formula is C30H24FN5O5S2. The molecule has 0 saturated carbocycles. The maximum absolute atomic E-state index is 14.2. The number of phenolic OH excluding ortho intramolecular Hbond substituents is 1. The van der Waals surface area contributed by atoms with Crippen LogP contribution < -0.4 is 9.64 Å². The molecule has 5 aromatic rings. The van der Waals surface area contributed by atoms with E-state index in [1.165, 1.54) is 34.9 Å². The van der Waals surface area contributed by atoms with Crippen molar-refractivity contribution in [1.29, 1.82) is 0 Å². The number of rotatable bonds is 8. The zero-order valence-corrected chi connectivity index (χ0v) is 24.5. The second kappa shape index (κ2) is 11.5. The fraction of sp³-hybridized carbons (Fsp3) is 0.167. The number of hydrogen-bond acceptors (Lipinski definition) is 10. The summed E-state index contributed by atoms with van der Waals surface area (Å²) in [6.45, 7) is 3.72. The van der Waals surface area contributed by atoms with E-state index in [2.05, 4.69) is 15.2 Å². The van der Waals surface area contributed by atoms with E-state index < -0.39 is 23.5 Å². The van der Waals surface area contributed by atoms with Crippen LogP contribution in [0.5, 0.6) is 11.5 Å². The number of thioether (sulfide) groups is 1. The van der Waals surface area contributed by atoms with E-state index in [1.54, 1.807) is 66.9 Å². The summed E-state index contributed by atoms with van der Waals surface area (Å²) in [5.74, 6) is -2.28. The van der Waals surface area contributed by atoms with Crippen molar-refractivity contribution in [3.8, 4) is 11.5 Å². The first-order valence-corrected chi connectivity index (χ1v) is 15.0. The Balaban J connectivity index is 1.47. The lowest BCUT2D eigenvalue weighted by Crippen LogP contribution is -2.29. The molecule has 1 amide bonds. The minimum absolute atomic E-state index is 0.114. The molecular weight excluding hydrogens is 593 g/mol. The highest BCUT2D eigenvalue weighted by molar-refractivity contribution is 8.00. The lowest BCUT2D eigenvalue weighted by Gasteiger charge is -2.23. The van der Waals surface area contributed by atoms with Gasteiger partial charge in [0.05, 0.1) is 23.9 Å². The Labute approximate surface area is 253 Å². The van der Waals surface area contributed by atoms with E-state index in [4.69, 9.17) is 4.74 Å². The molecule has 43 heavy (non-hydrogen) atoms. The number of amides is 1. The van der Waals surface area contributed by atoms with Crippen LogP contribution in [0.1, 0.15) is 35.5 Å². The lowest BCUT2D eigenvalue weighted by atomic mass is 9.96. The minimum Gasteiger partial charge on any atom is -0.505 e. The fourth-order valence-corrected chi connectivity index (χ4v) is 6.81. The average Bonchev–Trinajstić information content (AvgIpc) is 3.67. The number of anilines is 1. The van der Waals surface area contributed by atoms with Crippen molar-refractivity contribution in [3.05, 3.63) is 101 Å². The second-order valence-corrected chi connectivity index (χ2v) is 11.7. The summed E-state index contributed by atoms with van der Waals surface area (Å²) in [6.07, 6.45) is 1.70. The van der Waals surface area contributed by atoms with Gasteiger partial charge in [-0.25, -0.2) is 9.37 Å². The van der Waals surface area contributed by atoms with E-state index in [0.29, 0.717) is 26.8 Å². The summed E-state index contributed by atoms with van der Waals surface area (Å²) >= 11 is 2.30. The Hall–Kier alpha value is -4.75. The van der Waals surface area contributed by atoms with Gasteiger partial charge in [-0.3, -0.25) is 18.9 Å². The van der Waals surface area contributed by atoms with Crippen LogP contribution in [0.3, 0.4) is 0 Å². The van der Waals surface area contributed by atoms with Crippen LogP contribution in [0, 0.1) is 12.7 Å². The number of aromatic hydroxyl groups is 1. The van der Waals surface area contributed by atoms with Crippen molar-refractivity contribution >= 4 is 51.3 Å². The molecule has 1 unspecified atom stereocenters. The number of hydrogen-bond donors (Lipinski definition) is 2. The van der Waals surface area contributed by atoms with Gasteiger partial charge < -0.3 is 14.9 Å². The van der Waals surface area contributed by atoms with Crippen LogP contribution >= 0.6 is 23.1 Å². The molecule has 1 atom stereocenters. The largest absolute Gasteiger partial charge is 0.505 e. The van der Waals surface area contributed by atoms with Gasteiger partial charge in [0.25, 0.3) is 5.78 Å². The highest BCUT2D eigenvalue weighted by atomic mass is 32.2. The van der Waals surface area contributed by atoms with E-state index in [-0.39, 0.29) is 46.1 Å². The quantitative estimate of drug-likeness (QED) is 0.0745. The average molecular weight is 618 g/mol. The molecule has 0 spiro atoms. The van der Waals surface area contributed by atoms with Gasteiger partial charge in [0.2, 0.25) is 5.13 Å². The third kappa shape index (κ3) is 5.10. The van der Waals surface area contributed by atoms with Crippen LogP contribution in [-0.4, -0.2) is 48.1 Å². The van der Waals surface area contributed by atoms with Gasteiger partial charge in [-0.1, -0.05) is 53.4 Å². The van der Waals surface area contributed by atoms with Crippen LogP contribution in [0.4, 0.5) is 9.52 Å². The number of ketones is 1. The van der Waals surface area contributed by atoms with Gasteiger partial charge in [-0.15, -0.1) is 10.2 Å². The number of carbonyl (C=O) groups is 2. The number of halogens is 1. The number of phenols is 1. The molecule has 0 bridgehead atoms. The van der Waals surface area contributed by atoms with Crippen molar-refractivity contribution in [2.45, 2.75) is 30.0 Å². The first-order chi connectivity index (χ1) is 20.8. The van der Waals surface area contributed by atoms with E-state index >= 15 is 0 Å². The lowest BCUT2D eigenvalue weighted by molar-refractivity contribution is -0.132. The van der Waals surface area contributed by atoms with Gasteiger partial charge in [-0.2, -0.15) is 0 Å². The second-order valence-electron chi connectivity index (χ2n) is 9.53. The summed E-state index contributed by atoms with van der Waals surface area (Å²) in [4.78, 5) is 33.0. The summed E-state index contributed by atoms with van der Waals surface area (Å²) in [5.41, 5.74) is 1.97. The molecule has 0 aliphatic carbocycles. The molecule has 0 radical (unpaired) electrons. The number of pyridine rings is 1. The van der Waals surface area contributed by atoms with Gasteiger partial charge >= 0.3 is 5.91 Å². The SMILES string of the molecule is CCOc1cc(C2/C(=C(\O)c3c(C)nc4ccccn34)C(=O)C(=O)N2c2nnc(SCc3ccccc3F)s2)ccc1O. The van der Waals surface area contributed by atoms with Gasteiger partial charge in [0.1, 0.15) is 17.2 Å². The molecule has 1 aliphatic rings. The zero-order chi connectivity index (χ0) is 30.2. The number of aliphatic hydroxyl groups is 1. The topological polar surface area (TPSA) is 130 Å². The van der Waals surface area contributed by atoms with Gasteiger partial charge in [0.15, 0.2) is 21.6 Å². The summed E-state index contributed by atoms with van der Waals surface area (Å²) in [6, 6.07) is 15.0. The molecule has 1 saturated heterocycles. The predicted molar refractivity (Wildman–Crippen MR) is 160 cm³/mol. The number of imidazole rings is 1. The van der Waals surface area contributed by atoms with Crippen LogP contribution in [0.25, 0.3) is 11.4 Å². The first-order valence-electron chi connectivity index (χ1n) is 13.2. The van der Waals surface area contributed by atoms with Gasteiger partial charge in [-0.05, 0) is 55.3 Å². The smallest absolute Gasteiger partial charge is 0.301 e. The Morgan fingerprint density at radius 2 is 1.91 bits per heavy atom. The molecule has 4 heterocycles. The summed E-state index contributed by atoms with van der Waals surface area (Å²) in [5, 5.41) is 30.6. The van der Waals surface area contributed by atoms with Crippen LogP contribution in [0.15, 0.2) is 76.8 Å². The number of Topliss-reactive ketones (excluding diaryl/α,β-unsaturated/α-hetero) is 1. The third-order valence-corrected chi connectivity index (χ3v) is 8.99. The number of aliphatic hydroxyl groups excluding tert-OH is 1. The summed E-state index contributed by atoms with van der Waals surface area (Å²) < 4.78 is 21.8. The Bertz CT molecular complexity index is 1920. The van der Waals surface area contributed by atoms with Crippen molar-refractivity contribution in [2.75, 3.05) is 11.5 Å². The molecule has 2 aromatic carbocycles. The number of fused-ring (bicyclic) bond motifs is 1. The molecule has 6 rings (SSSR count). The van der Waals surface area contributed by atoms with Crippen LogP contribution in [-0.2, 0) is 15.3 Å². The number of aromatic nitrogens is 4. The molecule has 3 aromatic heterocycles. The molecule has 13 heteroatoms. The highest BCUT2D eigenvalue weighted by Crippen LogP contribution is 2.45. The minimum atomic E-state index is -1.13. The number of ether oxygens (including phenoxy) is 1. The number of nitrogens with zero attached hydrogens (tertiary/aromatic N) is 5. The highest BCUT2D eigenvalue weighted by Gasteiger charge is 2.49. The monoisotopic (exact) mass is 617 g/mol. The number of aryl methyl sites for hydroxylation is 1. The van der Waals surface area contributed by atoms with Crippen molar-refractivity contribution in [2.24, 2.45) is 0 Å². The fourth-order valence-electron chi connectivity index (χ4n) is 4.96. The maximum Gasteiger partial charge on any atom is 0.301 e. The standard InChI is InChI=1S/C30H24FN5O5S2/c1-3-41-21-14-17(11-12-20(21)37)25-23(26(38)24-16(2)32-22-10-6-7-13-35(22)24)27(39)28(40)36(25)29-33-34-30(43-29)42-15-18-8-4-5-9-19(18)31/h4-14,25,37-38H,3,15H2,1-2H3/b26-23+. The van der Waals surface area contributed by atoms with Crippen molar-refractivity contribution < 1.29 is 28.9 Å². The Kier molecular flexibility index (Phi) is 7.59. The first kappa shape index (κ1) is 28.4. The molecule has 2 N–H and O–H groups in total. The van der Waals surface area contributed by atoms with E-state index in [1.807, 2.05) is 0 Å². The molecule has 218 valence electrons. The molecule has 10 nitrogen and oxygen atoms in total. The Morgan fingerprint density at radius 3 is 2.70 bits per heavy atom. The number of carbonyl (C=O) groups excluding carboxylic acids is 2. The van der Waals surface area contributed by atoms with Gasteiger partial charge in [0, 0.05) is 11.9 Å². The van der Waals surface area contributed by atoms with E-state index in [9.17, 15) is 24.2 Å². The van der Waals surface area contributed by atoms with E-state index in [0.717, 1.165) is 11.3 Å². The molecule has 1 aliphatic heterocycles. The van der Waals surface area contributed by atoms with Crippen LogP contribution in [0.2, 0.25) is 0 Å². The zero-order valence-electron chi connectivity index (χ0n) is 22.9.